The molecule has 4 nitrogen and oxygen atoms in total. The lowest BCUT2D eigenvalue weighted by Crippen LogP contribution is -2.09. The molecular weight excluding hydrogens is 227 g/mol. The number of hydrogen-bond donors (Lipinski definition) is 0. The molecule has 6 heteroatoms. The van der Waals surface area contributed by atoms with Gasteiger partial charge in [-0.15, -0.1) is 5.10 Å². The van der Waals surface area contributed by atoms with Gasteiger partial charge in [-0.3, -0.25) is 0 Å². The first-order valence-corrected chi connectivity index (χ1v) is 6.01. The maximum atomic E-state index is 12.4. The van der Waals surface area contributed by atoms with Crippen LogP contribution in [0.5, 0.6) is 0 Å². The molecule has 0 bridgehead atoms. The first kappa shape index (κ1) is 11.3. The third-order valence-corrected chi connectivity index (χ3v) is 3.07. The Morgan fingerprint density at radius 3 is 2.81 bits per heavy atom. The number of hydrogen-bond acceptors (Lipinski definition) is 4. The number of nitrogens with zero attached hydrogens (tertiary/aromatic N) is 4. The highest BCUT2D eigenvalue weighted by Gasteiger charge is 2.13. The second-order valence-electron chi connectivity index (χ2n) is 3.60. The summed E-state index contributed by atoms with van der Waals surface area (Å²) in [5.41, 5.74) is 1.38. The van der Waals surface area contributed by atoms with E-state index in [-0.39, 0.29) is 12.1 Å². The maximum Gasteiger partial charge on any atom is 0.178 e. The number of halogens is 1. The molecule has 0 aliphatic rings. The Bertz CT molecular complexity index is 481. The minimum atomic E-state index is 0.173. The van der Waals surface area contributed by atoms with Crippen LogP contribution in [0.1, 0.15) is 32.7 Å². The van der Waals surface area contributed by atoms with Crippen LogP contribution in [0.4, 0.5) is 3.89 Å². The summed E-state index contributed by atoms with van der Waals surface area (Å²) < 4.78 is 14.2. The molecule has 0 aliphatic carbocycles. The van der Waals surface area contributed by atoms with Crippen molar-refractivity contribution < 1.29 is 3.89 Å². The quantitative estimate of drug-likeness (QED) is 0.823. The highest BCUT2D eigenvalue weighted by Crippen LogP contribution is 2.23. The van der Waals surface area contributed by atoms with Crippen LogP contribution < -0.4 is 0 Å². The lowest BCUT2D eigenvalue weighted by molar-refractivity contribution is 0.427. The van der Waals surface area contributed by atoms with Gasteiger partial charge in [0.15, 0.2) is 5.65 Å². The molecule has 2 aromatic heterocycles. The molecule has 0 aromatic carbocycles. The van der Waals surface area contributed by atoms with Crippen molar-refractivity contribution in [2.75, 3.05) is 0 Å². The van der Waals surface area contributed by atoms with E-state index in [0.717, 1.165) is 18.5 Å². The van der Waals surface area contributed by atoms with E-state index in [1.165, 1.54) is 6.20 Å². The lowest BCUT2D eigenvalue weighted by Gasteiger charge is -2.11. The van der Waals surface area contributed by atoms with Gasteiger partial charge in [0, 0.05) is 6.20 Å². The minimum Gasteiger partial charge on any atom is -0.234 e. The first-order valence-electron chi connectivity index (χ1n) is 5.29. The number of aromatic nitrogens is 4. The molecule has 0 amide bonds. The fraction of sp³-hybridized carbons (Fsp3) is 0.500. The van der Waals surface area contributed by atoms with Crippen molar-refractivity contribution in [3.05, 3.63) is 12.3 Å². The maximum absolute atomic E-state index is 12.4. The molecule has 0 saturated heterocycles. The molecule has 0 aliphatic heterocycles. The second-order valence-corrected chi connectivity index (χ2v) is 4.22. The van der Waals surface area contributed by atoms with Gasteiger partial charge in [0.2, 0.25) is 0 Å². The van der Waals surface area contributed by atoms with Crippen LogP contribution >= 0.6 is 12.1 Å². The highest BCUT2D eigenvalue weighted by molar-refractivity contribution is 7.94. The molecule has 0 atom stereocenters. The van der Waals surface area contributed by atoms with Crippen molar-refractivity contribution in [3.8, 4) is 0 Å². The van der Waals surface area contributed by atoms with Gasteiger partial charge in [-0.1, -0.05) is 19.1 Å². The Hall–Kier alpha value is -1.17. The third kappa shape index (κ3) is 1.89. The molecule has 2 heterocycles. The monoisotopic (exact) mass is 240 g/mol. The summed E-state index contributed by atoms with van der Waals surface area (Å²) in [5, 5.41) is 8.10. The Balaban J connectivity index is 2.48. The Morgan fingerprint density at radius 1 is 1.44 bits per heavy atom. The van der Waals surface area contributed by atoms with Gasteiger partial charge < -0.3 is 0 Å². The van der Waals surface area contributed by atoms with Crippen molar-refractivity contribution in [1.29, 1.82) is 0 Å². The summed E-state index contributed by atoms with van der Waals surface area (Å²) in [6.45, 7) is 4.21. The molecule has 0 unspecified atom stereocenters. The Morgan fingerprint density at radius 2 is 2.19 bits per heavy atom. The second kappa shape index (κ2) is 4.78. The molecule has 0 radical (unpaired) electrons. The zero-order chi connectivity index (χ0) is 11.5. The van der Waals surface area contributed by atoms with Crippen LogP contribution in [-0.2, 0) is 0 Å². The zero-order valence-corrected chi connectivity index (χ0v) is 10.0. The van der Waals surface area contributed by atoms with Crippen LogP contribution in [0, 0.1) is 0 Å². The van der Waals surface area contributed by atoms with Crippen LogP contribution in [-0.4, -0.2) is 20.0 Å². The molecule has 2 aromatic rings. The molecule has 86 valence electrons. The van der Waals surface area contributed by atoms with E-state index in [9.17, 15) is 3.89 Å². The van der Waals surface area contributed by atoms with Crippen LogP contribution in [0.3, 0.4) is 0 Å². The average Bonchev–Trinajstić information content (AvgIpc) is 2.74. The predicted molar refractivity (Wildman–Crippen MR) is 61.9 cm³/mol. The Kier molecular flexibility index (Phi) is 3.38. The summed E-state index contributed by atoms with van der Waals surface area (Å²) in [6.07, 6.45) is 3.47. The van der Waals surface area contributed by atoms with E-state index >= 15 is 0 Å². The van der Waals surface area contributed by atoms with Gasteiger partial charge in [0.05, 0.1) is 23.1 Å². The fourth-order valence-electron chi connectivity index (χ4n) is 1.74. The molecule has 16 heavy (non-hydrogen) atoms. The molecule has 0 spiro atoms. The molecule has 2 rings (SSSR count). The molecule has 0 fully saturated rings. The summed E-state index contributed by atoms with van der Waals surface area (Å²) in [4.78, 5) is 4.67. The highest BCUT2D eigenvalue weighted by atomic mass is 32.2. The summed E-state index contributed by atoms with van der Waals surface area (Å²) in [5.74, 6) is 0. The van der Waals surface area contributed by atoms with Crippen LogP contribution in [0.2, 0.25) is 0 Å². The van der Waals surface area contributed by atoms with E-state index in [2.05, 4.69) is 29.1 Å². The van der Waals surface area contributed by atoms with Gasteiger partial charge in [0.1, 0.15) is 5.52 Å². The number of rotatable bonds is 4. The van der Waals surface area contributed by atoms with Gasteiger partial charge >= 0.3 is 0 Å². The zero-order valence-electron chi connectivity index (χ0n) is 9.22. The van der Waals surface area contributed by atoms with E-state index in [0.29, 0.717) is 16.5 Å². The van der Waals surface area contributed by atoms with Gasteiger partial charge in [-0.05, 0) is 18.9 Å². The van der Waals surface area contributed by atoms with Crippen molar-refractivity contribution in [1.82, 2.24) is 20.0 Å². The van der Waals surface area contributed by atoms with Crippen molar-refractivity contribution in [3.63, 3.8) is 0 Å². The van der Waals surface area contributed by atoms with Gasteiger partial charge in [0.25, 0.3) is 0 Å². The smallest absolute Gasteiger partial charge is 0.178 e. The van der Waals surface area contributed by atoms with E-state index in [1.807, 2.05) is 4.68 Å². The number of fused-ring (bicyclic) bond motifs is 1. The molecular formula is C10H13FN4S. The lowest BCUT2D eigenvalue weighted by atomic mass is 10.2. The van der Waals surface area contributed by atoms with Crippen LogP contribution in [0.15, 0.2) is 17.2 Å². The standard InChI is InChI=1S/C10H13FN4S/c1-3-7(4-2)15-10-9(13-14-15)5-8(16-11)6-12-10/h5-7H,3-4H2,1-2H3. The van der Waals surface area contributed by atoms with E-state index < -0.39 is 0 Å². The SMILES string of the molecule is CCC(CC)n1nnc2cc(SF)cnc21. The van der Waals surface area contributed by atoms with E-state index in [1.54, 1.807) is 6.07 Å². The Labute approximate surface area is 97.5 Å². The predicted octanol–water partition coefficient (Wildman–Crippen LogP) is 3.16. The molecule has 0 N–H and O–H groups in total. The van der Waals surface area contributed by atoms with Gasteiger partial charge in [-0.25, -0.2) is 9.67 Å². The number of pyridine rings is 1. The summed E-state index contributed by atoms with van der Waals surface area (Å²) in [6, 6.07) is 1.97. The van der Waals surface area contributed by atoms with E-state index in [4.69, 9.17) is 0 Å². The molecule has 0 saturated carbocycles. The summed E-state index contributed by atoms with van der Waals surface area (Å²) in [7, 11) is 0. The normalized spacial score (nSPS) is 11.5. The first-order chi connectivity index (χ1) is 7.80. The fourth-order valence-corrected chi connectivity index (χ4v) is 1.99. The van der Waals surface area contributed by atoms with Gasteiger partial charge in [-0.2, -0.15) is 3.89 Å². The summed E-state index contributed by atoms with van der Waals surface area (Å²) >= 11 is 0.173. The van der Waals surface area contributed by atoms with Crippen molar-refractivity contribution >= 4 is 23.3 Å². The van der Waals surface area contributed by atoms with Crippen LogP contribution in [0.25, 0.3) is 11.2 Å². The van der Waals surface area contributed by atoms with Crippen molar-refractivity contribution in [2.45, 2.75) is 37.6 Å². The largest absolute Gasteiger partial charge is 0.234 e. The topological polar surface area (TPSA) is 43.6 Å². The third-order valence-electron chi connectivity index (χ3n) is 2.67. The van der Waals surface area contributed by atoms with Crippen molar-refractivity contribution in [2.24, 2.45) is 0 Å². The minimum absolute atomic E-state index is 0.173. The average molecular weight is 240 g/mol.